The second-order valence-corrected chi connectivity index (χ2v) is 6.45. The van der Waals surface area contributed by atoms with Crippen molar-refractivity contribution in [3.8, 4) is 6.07 Å². The van der Waals surface area contributed by atoms with Gasteiger partial charge in [-0.2, -0.15) is 5.26 Å². The number of hydrogen-bond acceptors (Lipinski definition) is 4. The molecule has 0 aliphatic rings. The van der Waals surface area contributed by atoms with Crippen LogP contribution in [-0.4, -0.2) is 19.0 Å². The lowest BCUT2D eigenvalue weighted by molar-refractivity contribution is -0.112. The molecule has 1 amide bonds. The molecule has 5 nitrogen and oxygen atoms in total. The summed E-state index contributed by atoms with van der Waals surface area (Å²) in [4.78, 5) is 14.8. The highest BCUT2D eigenvalue weighted by Crippen LogP contribution is 2.22. The summed E-state index contributed by atoms with van der Waals surface area (Å²) in [7, 11) is 0. The number of nitrogens with one attached hydrogen (secondary N) is 2. The van der Waals surface area contributed by atoms with Crippen molar-refractivity contribution in [2.75, 3.05) is 28.6 Å². The number of nitrogens with zero attached hydrogens (tertiary/aromatic N) is 2. The van der Waals surface area contributed by atoms with Gasteiger partial charge in [0.1, 0.15) is 11.6 Å². The van der Waals surface area contributed by atoms with E-state index in [9.17, 15) is 10.1 Å². The van der Waals surface area contributed by atoms with Crippen LogP contribution < -0.4 is 15.5 Å². The highest BCUT2D eigenvalue weighted by Gasteiger charge is 2.13. The van der Waals surface area contributed by atoms with E-state index in [1.165, 1.54) is 6.20 Å². The summed E-state index contributed by atoms with van der Waals surface area (Å²) in [6.07, 6.45) is 2.26. The van der Waals surface area contributed by atoms with Crippen molar-refractivity contribution in [3.63, 3.8) is 0 Å². The van der Waals surface area contributed by atoms with Crippen molar-refractivity contribution in [2.24, 2.45) is 0 Å². The van der Waals surface area contributed by atoms with Gasteiger partial charge in [-0.1, -0.05) is 25.1 Å². The molecule has 0 fully saturated rings. The number of amides is 1. The predicted octanol–water partition coefficient (Wildman–Crippen LogP) is 4.86. The molecular weight excluding hydrogens is 348 g/mol. The van der Waals surface area contributed by atoms with Gasteiger partial charge in [0.2, 0.25) is 0 Å². The normalized spacial score (nSPS) is 10.9. The van der Waals surface area contributed by atoms with Gasteiger partial charge in [-0.25, -0.2) is 0 Å². The molecule has 5 heteroatoms. The van der Waals surface area contributed by atoms with E-state index >= 15 is 0 Å². The standard InChI is InChI=1S/C23H28N4O/c1-5-18-10-8-9-17(4)22(18)26-23(28)19(15-24)16-25-20-11-13-21(14-12-20)27(6-2)7-3/h8-14,16,25H,5-7H2,1-4H3,(H,26,28)/b19-16-. The van der Waals surface area contributed by atoms with Crippen LogP contribution in [0.1, 0.15) is 31.9 Å². The van der Waals surface area contributed by atoms with Crippen LogP contribution in [0.4, 0.5) is 17.1 Å². The third-order valence-electron chi connectivity index (χ3n) is 4.72. The van der Waals surface area contributed by atoms with Crippen LogP contribution in [-0.2, 0) is 11.2 Å². The fraction of sp³-hybridized carbons (Fsp3) is 0.304. The molecule has 0 heterocycles. The zero-order valence-corrected chi connectivity index (χ0v) is 17.0. The zero-order valence-electron chi connectivity index (χ0n) is 17.0. The minimum Gasteiger partial charge on any atom is -0.372 e. The summed E-state index contributed by atoms with van der Waals surface area (Å²) in [6.45, 7) is 10.1. The average molecular weight is 377 g/mol. The average Bonchev–Trinajstić information content (AvgIpc) is 2.72. The van der Waals surface area contributed by atoms with E-state index in [1.54, 1.807) is 0 Å². The molecule has 0 radical (unpaired) electrons. The minimum absolute atomic E-state index is 0.0260. The first-order chi connectivity index (χ1) is 13.5. The first-order valence-electron chi connectivity index (χ1n) is 9.65. The second-order valence-electron chi connectivity index (χ2n) is 6.45. The molecule has 0 unspecified atom stereocenters. The maximum absolute atomic E-state index is 12.6. The molecule has 2 rings (SSSR count). The SMILES string of the molecule is CCc1cccc(C)c1NC(=O)/C(C#N)=C\Nc1ccc(N(CC)CC)cc1. The fourth-order valence-electron chi connectivity index (χ4n) is 3.04. The molecule has 0 aliphatic heterocycles. The molecule has 2 N–H and O–H groups in total. The first-order valence-corrected chi connectivity index (χ1v) is 9.65. The number of hydrogen-bond donors (Lipinski definition) is 2. The van der Waals surface area contributed by atoms with Crippen LogP contribution in [0.2, 0.25) is 0 Å². The van der Waals surface area contributed by atoms with Crippen molar-refractivity contribution in [3.05, 3.63) is 65.4 Å². The van der Waals surface area contributed by atoms with Crippen molar-refractivity contribution < 1.29 is 4.79 Å². The van der Waals surface area contributed by atoms with Gasteiger partial charge in [0.25, 0.3) is 5.91 Å². The van der Waals surface area contributed by atoms with Crippen LogP contribution in [0.5, 0.6) is 0 Å². The number of benzene rings is 2. The minimum atomic E-state index is -0.418. The first kappa shape index (κ1) is 21.0. The second kappa shape index (κ2) is 10.2. The topological polar surface area (TPSA) is 68.2 Å². The van der Waals surface area contributed by atoms with Crippen molar-refractivity contribution >= 4 is 23.0 Å². The Balaban J connectivity index is 2.12. The Bertz CT molecular complexity index is 874. The van der Waals surface area contributed by atoms with Gasteiger partial charge in [0.05, 0.1) is 0 Å². The molecule has 0 saturated carbocycles. The molecular formula is C23H28N4O. The Kier molecular flexibility index (Phi) is 7.65. The number of carbonyl (C=O) groups is 1. The van der Waals surface area contributed by atoms with Crippen LogP contribution in [0.3, 0.4) is 0 Å². The molecule has 28 heavy (non-hydrogen) atoms. The van der Waals surface area contributed by atoms with E-state index < -0.39 is 5.91 Å². The van der Waals surface area contributed by atoms with Gasteiger partial charge in [-0.15, -0.1) is 0 Å². The monoisotopic (exact) mass is 376 g/mol. The maximum Gasteiger partial charge on any atom is 0.267 e. The molecule has 0 spiro atoms. The number of rotatable bonds is 8. The van der Waals surface area contributed by atoms with E-state index in [-0.39, 0.29) is 5.57 Å². The Labute approximate surface area is 167 Å². The van der Waals surface area contributed by atoms with Crippen molar-refractivity contribution in [1.29, 1.82) is 5.26 Å². The Morgan fingerprint density at radius 1 is 1.11 bits per heavy atom. The van der Waals surface area contributed by atoms with Gasteiger partial charge >= 0.3 is 0 Å². The predicted molar refractivity (Wildman–Crippen MR) is 117 cm³/mol. The lowest BCUT2D eigenvalue weighted by Crippen LogP contribution is -2.21. The number of carbonyl (C=O) groups excluding carboxylic acids is 1. The largest absolute Gasteiger partial charge is 0.372 e. The van der Waals surface area contributed by atoms with E-state index in [0.717, 1.165) is 47.7 Å². The Morgan fingerprint density at radius 3 is 2.36 bits per heavy atom. The van der Waals surface area contributed by atoms with Gasteiger partial charge < -0.3 is 15.5 Å². The number of aryl methyl sites for hydroxylation is 2. The number of nitriles is 1. The molecule has 0 aromatic heterocycles. The summed E-state index contributed by atoms with van der Waals surface area (Å²) in [5.74, 6) is -0.418. The van der Waals surface area contributed by atoms with Crippen LogP contribution in [0, 0.1) is 18.3 Å². The molecule has 2 aromatic rings. The smallest absolute Gasteiger partial charge is 0.267 e. The van der Waals surface area contributed by atoms with Gasteiger partial charge in [-0.3, -0.25) is 4.79 Å². The molecule has 2 aromatic carbocycles. The lowest BCUT2D eigenvalue weighted by atomic mass is 10.1. The van der Waals surface area contributed by atoms with E-state index in [1.807, 2.05) is 62.4 Å². The summed E-state index contributed by atoms with van der Waals surface area (Å²) in [5.41, 5.74) is 4.79. The lowest BCUT2D eigenvalue weighted by Gasteiger charge is -2.21. The molecule has 146 valence electrons. The zero-order chi connectivity index (χ0) is 20.5. The summed E-state index contributed by atoms with van der Waals surface area (Å²) in [5, 5.41) is 15.3. The molecule has 0 aliphatic carbocycles. The summed E-state index contributed by atoms with van der Waals surface area (Å²) < 4.78 is 0. The Morgan fingerprint density at radius 2 is 1.79 bits per heavy atom. The van der Waals surface area contributed by atoms with Crippen molar-refractivity contribution in [2.45, 2.75) is 34.1 Å². The van der Waals surface area contributed by atoms with E-state index in [4.69, 9.17) is 0 Å². The highest BCUT2D eigenvalue weighted by atomic mass is 16.1. The molecule has 0 atom stereocenters. The van der Waals surface area contributed by atoms with Crippen LogP contribution in [0.25, 0.3) is 0 Å². The maximum atomic E-state index is 12.6. The third kappa shape index (κ3) is 5.14. The van der Waals surface area contributed by atoms with Gasteiger partial charge in [-0.05, 0) is 62.6 Å². The quantitative estimate of drug-likeness (QED) is 0.510. The number of para-hydroxylation sites is 1. The Hall–Kier alpha value is -3.26. The molecule has 0 bridgehead atoms. The van der Waals surface area contributed by atoms with E-state index in [0.29, 0.717) is 0 Å². The van der Waals surface area contributed by atoms with Gasteiger partial charge in [0.15, 0.2) is 0 Å². The van der Waals surface area contributed by atoms with Gasteiger partial charge in [0, 0.05) is 36.4 Å². The number of anilines is 3. The molecule has 0 saturated heterocycles. The third-order valence-corrected chi connectivity index (χ3v) is 4.72. The van der Waals surface area contributed by atoms with Crippen LogP contribution in [0.15, 0.2) is 54.2 Å². The van der Waals surface area contributed by atoms with Crippen LogP contribution >= 0.6 is 0 Å². The fourth-order valence-corrected chi connectivity index (χ4v) is 3.04. The highest BCUT2D eigenvalue weighted by molar-refractivity contribution is 6.07. The summed E-state index contributed by atoms with van der Waals surface area (Å²) >= 11 is 0. The van der Waals surface area contributed by atoms with E-state index in [2.05, 4.69) is 29.4 Å². The van der Waals surface area contributed by atoms with Crippen molar-refractivity contribution in [1.82, 2.24) is 0 Å². The summed E-state index contributed by atoms with van der Waals surface area (Å²) in [6, 6.07) is 15.8.